The third kappa shape index (κ3) is 4.55. The van der Waals surface area contributed by atoms with E-state index in [-0.39, 0.29) is 0 Å². The molecule has 15 heavy (non-hydrogen) atoms. The van der Waals surface area contributed by atoms with Crippen LogP contribution in [0.1, 0.15) is 47.0 Å². The summed E-state index contributed by atoms with van der Waals surface area (Å²) in [4.78, 5) is 0. The maximum atomic E-state index is 5.49. The van der Waals surface area contributed by atoms with Gasteiger partial charge in [-0.15, -0.1) is 0 Å². The molecule has 0 radical (unpaired) electrons. The van der Waals surface area contributed by atoms with Gasteiger partial charge in [0.25, 0.3) is 0 Å². The summed E-state index contributed by atoms with van der Waals surface area (Å²) in [5, 5.41) is 0. The van der Waals surface area contributed by atoms with Crippen molar-refractivity contribution >= 4 is 0 Å². The van der Waals surface area contributed by atoms with E-state index in [9.17, 15) is 0 Å². The maximum absolute atomic E-state index is 5.49. The van der Waals surface area contributed by atoms with Crippen LogP contribution in [0.5, 0.6) is 0 Å². The van der Waals surface area contributed by atoms with Gasteiger partial charge in [0.2, 0.25) is 0 Å². The second kappa shape index (κ2) is 5.99. The summed E-state index contributed by atoms with van der Waals surface area (Å²) in [7, 11) is 0. The first-order chi connectivity index (χ1) is 7.17. The summed E-state index contributed by atoms with van der Waals surface area (Å²) < 4.78 is 5.49. The van der Waals surface area contributed by atoms with Gasteiger partial charge < -0.3 is 4.74 Å². The van der Waals surface area contributed by atoms with Crippen LogP contribution in [0.15, 0.2) is 23.5 Å². The minimum Gasteiger partial charge on any atom is -0.494 e. The minimum absolute atomic E-state index is 0.753. The fourth-order valence-electron chi connectivity index (χ4n) is 1.90. The van der Waals surface area contributed by atoms with E-state index in [1.54, 1.807) is 0 Å². The summed E-state index contributed by atoms with van der Waals surface area (Å²) in [6.45, 7) is 9.36. The molecule has 2 atom stereocenters. The van der Waals surface area contributed by atoms with Crippen molar-refractivity contribution < 1.29 is 4.74 Å². The standard InChI is InChI=1S/C14H24O/c1-5-14(15-6-2)9-11(3)7-8-13-10-12(13)4/h5,9,12-13H,6-8,10H2,1-4H3/b11-9+,14-5+. The lowest BCUT2D eigenvalue weighted by Crippen LogP contribution is -1.90. The van der Waals surface area contributed by atoms with E-state index in [1.165, 1.54) is 24.8 Å². The first kappa shape index (κ1) is 12.4. The summed E-state index contributed by atoms with van der Waals surface area (Å²) in [5.74, 6) is 2.99. The van der Waals surface area contributed by atoms with Crippen LogP contribution in [-0.4, -0.2) is 6.61 Å². The Balaban J connectivity index is 2.30. The topological polar surface area (TPSA) is 9.23 Å². The molecule has 0 saturated heterocycles. The van der Waals surface area contributed by atoms with Crippen LogP contribution in [0.2, 0.25) is 0 Å². The Hall–Kier alpha value is -0.720. The van der Waals surface area contributed by atoms with Crippen molar-refractivity contribution in [2.24, 2.45) is 11.8 Å². The van der Waals surface area contributed by atoms with Gasteiger partial charge in [-0.3, -0.25) is 0 Å². The molecule has 0 aromatic rings. The first-order valence-corrected chi connectivity index (χ1v) is 6.13. The number of allylic oxidation sites excluding steroid dienone is 3. The van der Waals surface area contributed by atoms with Crippen LogP contribution in [0, 0.1) is 11.8 Å². The number of hydrogen-bond acceptors (Lipinski definition) is 1. The number of ether oxygens (including phenoxy) is 1. The summed E-state index contributed by atoms with van der Waals surface area (Å²) in [6, 6.07) is 0. The van der Waals surface area contributed by atoms with Crippen molar-refractivity contribution in [3.05, 3.63) is 23.5 Å². The Morgan fingerprint density at radius 3 is 2.60 bits per heavy atom. The molecule has 1 saturated carbocycles. The van der Waals surface area contributed by atoms with Gasteiger partial charge in [-0.1, -0.05) is 12.5 Å². The Morgan fingerprint density at radius 1 is 1.47 bits per heavy atom. The lowest BCUT2D eigenvalue weighted by molar-refractivity contribution is 0.241. The van der Waals surface area contributed by atoms with Gasteiger partial charge in [0.15, 0.2) is 0 Å². The van der Waals surface area contributed by atoms with Crippen molar-refractivity contribution in [2.45, 2.75) is 47.0 Å². The Kier molecular flexibility index (Phi) is 4.93. The van der Waals surface area contributed by atoms with Gasteiger partial charge in [0.05, 0.1) is 6.61 Å². The molecule has 1 fully saturated rings. The van der Waals surface area contributed by atoms with Crippen molar-refractivity contribution in [1.29, 1.82) is 0 Å². The highest BCUT2D eigenvalue weighted by molar-refractivity contribution is 5.17. The van der Waals surface area contributed by atoms with Gasteiger partial charge in [0.1, 0.15) is 5.76 Å². The third-order valence-electron chi connectivity index (χ3n) is 3.17. The van der Waals surface area contributed by atoms with E-state index in [0.29, 0.717) is 0 Å². The van der Waals surface area contributed by atoms with E-state index in [0.717, 1.165) is 24.2 Å². The van der Waals surface area contributed by atoms with E-state index < -0.39 is 0 Å². The number of rotatable bonds is 6. The maximum Gasteiger partial charge on any atom is 0.114 e. The van der Waals surface area contributed by atoms with E-state index in [4.69, 9.17) is 4.74 Å². The van der Waals surface area contributed by atoms with Crippen LogP contribution in [-0.2, 0) is 4.74 Å². The molecule has 86 valence electrons. The fourth-order valence-corrected chi connectivity index (χ4v) is 1.90. The molecule has 1 rings (SSSR count). The second-order valence-electron chi connectivity index (χ2n) is 4.63. The van der Waals surface area contributed by atoms with Gasteiger partial charge in [-0.25, -0.2) is 0 Å². The molecule has 0 aromatic heterocycles. The molecule has 0 heterocycles. The molecule has 0 N–H and O–H groups in total. The second-order valence-corrected chi connectivity index (χ2v) is 4.63. The van der Waals surface area contributed by atoms with Gasteiger partial charge in [-0.2, -0.15) is 0 Å². The molecule has 0 bridgehead atoms. The van der Waals surface area contributed by atoms with E-state index in [2.05, 4.69) is 19.9 Å². The molecule has 2 unspecified atom stereocenters. The Morgan fingerprint density at radius 2 is 2.13 bits per heavy atom. The Bertz CT molecular complexity index is 250. The van der Waals surface area contributed by atoms with Crippen LogP contribution in [0.3, 0.4) is 0 Å². The average molecular weight is 208 g/mol. The van der Waals surface area contributed by atoms with Crippen LogP contribution >= 0.6 is 0 Å². The molecule has 0 amide bonds. The predicted molar refractivity (Wildman–Crippen MR) is 65.6 cm³/mol. The van der Waals surface area contributed by atoms with Crippen molar-refractivity contribution in [2.75, 3.05) is 6.61 Å². The van der Waals surface area contributed by atoms with E-state index >= 15 is 0 Å². The van der Waals surface area contributed by atoms with Crippen LogP contribution in [0.25, 0.3) is 0 Å². The van der Waals surface area contributed by atoms with Gasteiger partial charge in [0, 0.05) is 0 Å². The van der Waals surface area contributed by atoms with Crippen molar-refractivity contribution in [1.82, 2.24) is 0 Å². The summed E-state index contributed by atoms with van der Waals surface area (Å²) in [6.07, 6.45) is 8.23. The molecule has 0 aromatic carbocycles. The minimum atomic E-state index is 0.753. The summed E-state index contributed by atoms with van der Waals surface area (Å²) >= 11 is 0. The average Bonchev–Trinajstić information content (AvgIpc) is 2.91. The molecular formula is C14H24O. The quantitative estimate of drug-likeness (QED) is 0.467. The largest absolute Gasteiger partial charge is 0.494 e. The molecule has 1 nitrogen and oxygen atoms in total. The molecule has 1 aliphatic rings. The Labute approximate surface area is 94.2 Å². The zero-order chi connectivity index (χ0) is 11.3. The molecular weight excluding hydrogens is 184 g/mol. The SMILES string of the molecule is C/C=C(\C=C(/C)CCC1CC1C)OCC. The van der Waals surface area contributed by atoms with Crippen LogP contribution in [0.4, 0.5) is 0 Å². The third-order valence-corrected chi connectivity index (χ3v) is 3.17. The molecule has 1 heteroatoms. The van der Waals surface area contributed by atoms with Gasteiger partial charge in [-0.05, 0) is 64.0 Å². The highest BCUT2D eigenvalue weighted by atomic mass is 16.5. The zero-order valence-corrected chi connectivity index (χ0v) is 10.5. The number of hydrogen-bond donors (Lipinski definition) is 0. The highest BCUT2D eigenvalue weighted by Crippen LogP contribution is 2.41. The van der Waals surface area contributed by atoms with Crippen LogP contribution < -0.4 is 0 Å². The van der Waals surface area contributed by atoms with E-state index in [1.807, 2.05) is 19.9 Å². The smallest absolute Gasteiger partial charge is 0.114 e. The lowest BCUT2D eigenvalue weighted by atomic mass is 10.1. The molecule has 0 aliphatic heterocycles. The van der Waals surface area contributed by atoms with Crippen molar-refractivity contribution in [3.8, 4) is 0 Å². The van der Waals surface area contributed by atoms with Gasteiger partial charge >= 0.3 is 0 Å². The molecule has 0 spiro atoms. The molecule has 1 aliphatic carbocycles. The monoisotopic (exact) mass is 208 g/mol. The first-order valence-electron chi connectivity index (χ1n) is 6.13. The fraction of sp³-hybridized carbons (Fsp3) is 0.714. The van der Waals surface area contributed by atoms with Crippen molar-refractivity contribution in [3.63, 3.8) is 0 Å². The highest BCUT2D eigenvalue weighted by Gasteiger charge is 2.31. The predicted octanol–water partition coefficient (Wildman–Crippen LogP) is 4.31. The summed E-state index contributed by atoms with van der Waals surface area (Å²) in [5.41, 5.74) is 1.44. The normalized spacial score (nSPS) is 26.7. The lowest BCUT2D eigenvalue weighted by Gasteiger charge is -2.05. The zero-order valence-electron chi connectivity index (χ0n) is 10.5.